The van der Waals surface area contributed by atoms with Crippen molar-refractivity contribution in [1.29, 1.82) is 0 Å². The third-order valence-electron chi connectivity index (χ3n) is 4.18. The molecule has 1 aliphatic carbocycles. The Balaban J connectivity index is 2.23. The minimum absolute atomic E-state index is 0.0189. The molecule has 1 saturated carbocycles. The monoisotopic (exact) mass is 300 g/mol. The van der Waals surface area contributed by atoms with E-state index in [9.17, 15) is 12.8 Å². The molecule has 1 aliphatic rings. The van der Waals surface area contributed by atoms with E-state index in [0.717, 1.165) is 19.3 Å². The smallest absolute Gasteiger partial charge is 0.240 e. The van der Waals surface area contributed by atoms with Crippen LogP contribution >= 0.6 is 0 Å². The predicted molar refractivity (Wildman–Crippen MR) is 76.2 cm³/mol. The Kier molecular flexibility index (Phi) is 4.18. The van der Waals surface area contributed by atoms with Gasteiger partial charge in [-0.05, 0) is 49.3 Å². The van der Waals surface area contributed by atoms with Gasteiger partial charge in [0, 0.05) is 18.7 Å². The minimum atomic E-state index is -3.61. The van der Waals surface area contributed by atoms with Gasteiger partial charge in [-0.3, -0.25) is 0 Å². The number of aryl methyl sites for hydroxylation is 1. The molecule has 0 saturated heterocycles. The van der Waals surface area contributed by atoms with Crippen LogP contribution in [0.5, 0.6) is 0 Å². The van der Waals surface area contributed by atoms with Crippen molar-refractivity contribution < 1.29 is 12.8 Å². The molecule has 0 amide bonds. The first-order valence-corrected chi connectivity index (χ1v) is 8.31. The van der Waals surface area contributed by atoms with Gasteiger partial charge in [0.25, 0.3) is 0 Å². The van der Waals surface area contributed by atoms with E-state index < -0.39 is 15.8 Å². The van der Waals surface area contributed by atoms with E-state index in [1.54, 1.807) is 6.92 Å². The zero-order valence-corrected chi connectivity index (χ0v) is 12.7. The molecule has 6 heteroatoms. The average molecular weight is 300 g/mol. The fourth-order valence-electron chi connectivity index (χ4n) is 2.27. The van der Waals surface area contributed by atoms with Gasteiger partial charge in [-0.25, -0.2) is 17.5 Å². The highest BCUT2D eigenvalue weighted by molar-refractivity contribution is 7.89. The molecule has 0 bridgehead atoms. The number of nitrogens with two attached hydrogens (primary N) is 1. The molecule has 0 aromatic heterocycles. The normalized spacial score (nSPS) is 17.2. The number of rotatable bonds is 6. The topological polar surface area (TPSA) is 72.2 Å². The highest BCUT2D eigenvalue weighted by atomic mass is 32.2. The van der Waals surface area contributed by atoms with Gasteiger partial charge in [0.1, 0.15) is 5.82 Å². The SMILES string of the molecule is CCC1(CNS(=O)(=O)c2cc(C)c(F)c(CN)c2)CC1. The Labute approximate surface area is 119 Å². The summed E-state index contributed by atoms with van der Waals surface area (Å²) in [5, 5.41) is 0. The van der Waals surface area contributed by atoms with Crippen molar-refractivity contribution >= 4 is 10.0 Å². The molecule has 1 aromatic rings. The van der Waals surface area contributed by atoms with Gasteiger partial charge in [0.05, 0.1) is 4.90 Å². The van der Waals surface area contributed by atoms with Gasteiger partial charge in [0.2, 0.25) is 10.0 Å². The molecule has 0 unspecified atom stereocenters. The molecule has 1 aromatic carbocycles. The van der Waals surface area contributed by atoms with E-state index in [0.29, 0.717) is 12.1 Å². The standard InChI is InChI=1S/C14H21FN2O2S/c1-3-14(4-5-14)9-17-20(18,19)12-6-10(2)13(15)11(7-12)8-16/h6-7,17H,3-5,8-9,16H2,1-2H3. The van der Waals surface area contributed by atoms with Crippen molar-refractivity contribution in [2.75, 3.05) is 6.54 Å². The Bertz CT molecular complexity index is 610. The Morgan fingerprint density at radius 2 is 2.05 bits per heavy atom. The van der Waals surface area contributed by atoms with Gasteiger partial charge in [-0.2, -0.15) is 0 Å². The molecule has 0 heterocycles. The second-order valence-electron chi connectivity index (χ2n) is 5.60. The molecule has 0 radical (unpaired) electrons. The second-order valence-corrected chi connectivity index (χ2v) is 7.36. The highest BCUT2D eigenvalue weighted by Crippen LogP contribution is 2.48. The quantitative estimate of drug-likeness (QED) is 0.844. The van der Waals surface area contributed by atoms with Gasteiger partial charge >= 0.3 is 0 Å². The summed E-state index contributed by atoms with van der Waals surface area (Å²) in [5.74, 6) is -0.432. The molecule has 0 spiro atoms. The zero-order chi connectivity index (χ0) is 15.0. The van der Waals surface area contributed by atoms with E-state index in [-0.39, 0.29) is 22.4 Å². The maximum Gasteiger partial charge on any atom is 0.240 e. The molecule has 20 heavy (non-hydrogen) atoms. The van der Waals surface area contributed by atoms with Crippen LogP contribution in [-0.2, 0) is 16.6 Å². The number of hydrogen-bond acceptors (Lipinski definition) is 3. The minimum Gasteiger partial charge on any atom is -0.326 e. The number of sulfonamides is 1. The lowest BCUT2D eigenvalue weighted by Gasteiger charge is -2.15. The number of hydrogen-bond donors (Lipinski definition) is 2. The third-order valence-corrected chi connectivity index (χ3v) is 5.56. The second kappa shape index (κ2) is 5.42. The largest absolute Gasteiger partial charge is 0.326 e. The summed E-state index contributed by atoms with van der Waals surface area (Å²) in [6.45, 7) is 4.03. The van der Waals surface area contributed by atoms with Crippen LogP contribution in [-0.4, -0.2) is 15.0 Å². The van der Waals surface area contributed by atoms with Crippen LogP contribution < -0.4 is 10.5 Å². The Morgan fingerprint density at radius 3 is 2.55 bits per heavy atom. The van der Waals surface area contributed by atoms with Gasteiger partial charge < -0.3 is 5.73 Å². The van der Waals surface area contributed by atoms with Crippen LogP contribution in [0, 0.1) is 18.2 Å². The zero-order valence-electron chi connectivity index (χ0n) is 11.9. The number of benzene rings is 1. The summed E-state index contributed by atoms with van der Waals surface area (Å²) in [7, 11) is -3.61. The van der Waals surface area contributed by atoms with Crippen LogP contribution in [0.15, 0.2) is 17.0 Å². The van der Waals surface area contributed by atoms with Crippen LogP contribution in [0.1, 0.15) is 37.3 Å². The molecule has 112 valence electrons. The Morgan fingerprint density at radius 1 is 1.40 bits per heavy atom. The lowest BCUT2D eigenvalue weighted by Crippen LogP contribution is -2.30. The van der Waals surface area contributed by atoms with Crippen LogP contribution in [0.25, 0.3) is 0 Å². The molecule has 0 aliphatic heterocycles. The molecular formula is C14H21FN2O2S. The van der Waals surface area contributed by atoms with Crippen molar-refractivity contribution in [2.24, 2.45) is 11.1 Å². The average Bonchev–Trinajstić information content (AvgIpc) is 3.20. The van der Waals surface area contributed by atoms with Gasteiger partial charge in [0.15, 0.2) is 0 Å². The first-order valence-electron chi connectivity index (χ1n) is 6.82. The van der Waals surface area contributed by atoms with E-state index >= 15 is 0 Å². The maximum atomic E-state index is 13.7. The fraction of sp³-hybridized carbons (Fsp3) is 0.571. The lowest BCUT2D eigenvalue weighted by molar-refractivity contribution is 0.475. The Hall–Kier alpha value is -0.980. The molecule has 0 atom stereocenters. The molecule has 1 fully saturated rings. The predicted octanol–water partition coefficient (Wildman–Crippen LogP) is 2.06. The van der Waals surface area contributed by atoms with E-state index in [1.807, 2.05) is 0 Å². The summed E-state index contributed by atoms with van der Waals surface area (Å²) in [6, 6.07) is 2.67. The number of halogens is 1. The summed E-state index contributed by atoms with van der Waals surface area (Å²) >= 11 is 0. The molecule has 2 rings (SSSR count). The number of nitrogens with one attached hydrogen (secondary N) is 1. The van der Waals surface area contributed by atoms with Crippen molar-refractivity contribution in [3.05, 3.63) is 29.1 Å². The lowest BCUT2D eigenvalue weighted by atomic mass is 10.1. The molecule has 4 nitrogen and oxygen atoms in total. The van der Waals surface area contributed by atoms with Crippen molar-refractivity contribution in [2.45, 2.75) is 44.6 Å². The summed E-state index contributed by atoms with van der Waals surface area (Å²) in [5.41, 5.74) is 6.10. The van der Waals surface area contributed by atoms with Crippen LogP contribution in [0.2, 0.25) is 0 Å². The van der Waals surface area contributed by atoms with Crippen molar-refractivity contribution in [3.8, 4) is 0 Å². The fourth-order valence-corrected chi connectivity index (χ4v) is 3.57. The molecular weight excluding hydrogens is 279 g/mol. The third kappa shape index (κ3) is 3.02. The van der Waals surface area contributed by atoms with Gasteiger partial charge in [-0.15, -0.1) is 0 Å². The summed E-state index contributed by atoms with van der Waals surface area (Å²) < 4.78 is 40.9. The van der Waals surface area contributed by atoms with E-state index in [1.165, 1.54) is 12.1 Å². The van der Waals surface area contributed by atoms with Crippen LogP contribution in [0.4, 0.5) is 4.39 Å². The maximum absolute atomic E-state index is 13.7. The van der Waals surface area contributed by atoms with Crippen molar-refractivity contribution in [1.82, 2.24) is 4.72 Å². The van der Waals surface area contributed by atoms with Crippen molar-refractivity contribution in [3.63, 3.8) is 0 Å². The first-order chi connectivity index (χ1) is 9.33. The van der Waals surface area contributed by atoms with E-state index in [2.05, 4.69) is 11.6 Å². The van der Waals surface area contributed by atoms with E-state index in [4.69, 9.17) is 5.73 Å². The first kappa shape index (κ1) is 15.4. The van der Waals surface area contributed by atoms with Gasteiger partial charge in [-0.1, -0.05) is 6.92 Å². The summed E-state index contributed by atoms with van der Waals surface area (Å²) in [6.07, 6.45) is 3.08. The highest BCUT2D eigenvalue weighted by Gasteiger charge is 2.41. The molecule has 3 N–H and O–H groups in total. The summed E-state index contributed by atoms with van der Waals surface area (Å²) in [4.78, 5) is 0.0868. The van der Waals surface area contributed by atoms with Crippen LogP contribution in [0.3, 0.4) is 0 Å².